The fourth-order valence-electron chi connectivity index (χ4n) is 10.0. The van der Waals surface area contributed by atoms with E-state index < -0.39 is 5.41 Å². The summed E-state index contributed by atoms with van der Waals surface area (Å²) in [5.41, 5.74) is 16.3. The lowest BCUT2D eigenvalue weighted by molar-refractivity contribution is 0.769. The molecule has 0 bridgehead atoms. The maximum Gasteiger partial charge on any atom is 0.0788 e. The van der Waals surface area contributed by atoms with Crippen LogP contribution in [-0.2, 0) is 5.41 Å². The Labute approximate surface area is 336 Å². The van der Waals surface area contributed by atoms with E-state index in [4.69, 9.17) is 4.98 Å². The summed E-state index contributed by atoms with van der Waals surface area (Å²) < 4.78 is 2.47. The average Bonchev–Trinajstić information content (AvgIpc) is 3.80. The fraction of sp³-hybridized carbons (Fsp3) is 0.0179. The van der Waals surface area contributed by atoms with Crippen LogP contribution in [0.1, 0.15) is 22.3 Å². The highest BCUT2D eigenvalue weighted by Crippen LogP contribution is 2.56. The van der Waals surface area contributed by atoms with Crippen LogP contribution in [0.5, 0.6) is 0 Å². The Morgan fingerprint density at radius 1 is 0.379 bits per heavy atom. The average molecular weight is 737 g/mol. The molecule has 0 aliphatic heterocycles. The summed E-state index contributed by atoms with van der Waals surface area (Å²) >= 11 is 0. The molecule has 1 aliphatic rings. The number of hydrogen-bond acceptors (Lipinski definition) is 1. The van der Waals surface area contributed by atoms with Crippen molar-refractivity contribution in [2.24, 2.45) is 0 Å². The van der Waals surface area contributed by atoms with Gasteiger partial charge in [0.25, 0.3) is 0 Å². The number of para-hydroxylation sites is 2. The minimum Gasteiger partial charge on any atom is -0.309 e. The van der Waals surface area contributed by atoms with Gasteiger partial charge in [-0.15, -0.1) is 0 Å². The summed E-state index contributed by atoms with van der Waals surface area (Å²) in [5.74, 6) is 0. The molecule has 2 heteroatoms. The highest BCUT2D eigenvalue weighted by atomic mass is 15.0. The molecule has 58 heavy (non-hydrogen) atoms. The Morgan fingerprint density at radius 3 is 1.72 bits per heavy atom. The molecule has 9 aromatic carbocycles. The summed E-state index contributed by atoms with van der Waals surface area (Å²) in [7, 11) is 0. The lowest BCUT2D eigenvalue weighted by Crippen LogP contribution is -2.28. The third-order valence-corrected chi connectivity index (χ3v) is 12.5. The van der Waals surface area contributed by atoms with Crippen LogP contribution in [0.15, 0.2) is 218 Å². The van der Waals surface area contributed by atoms with E-state index in [1.54, 1.807) is 0 Å². The number of hydrogen-bond donors (Lipinski definition) is 0. The fourth-order valence-corrected chi connectivity index (χ4v) is 10.0. The van der Waals surface area contributed by atoms with Crippen LogP contribution in [-0.4, -0.2) is 9.55 Å². The Morgan fingerprint density at radius 2 is 0.966 bits per heavy atom. The largest absolute Gasteiger partial charge is 0.309 e. The number of pyridine rings is 1. The second-order valence-electron chi connectivity index (χ2n) is 15.4. The van der Waals surface area contributed by atoms with E-state index in [-0.39, 0.29) is 0 Å². The Hall–Kier alpha value is -7.55. The van der Waals surface area contributed by atoms with E-state index in [1.165, 1.54) is 71.7 Å². The molecule has 11 aromatic rings. The molecule has 0 fully saturated rings. The van der Waals surface area contributed by atoms with E-state index in [0.29, 0.717) is 0 Å². The van der Waals surface area contributed by atoms with Gasteiger partial charge < -0.3 is 4.57 Å². The van der Waals surface area contributed by atoms with Gasteiger partial charge in [-0.2, -0.15) is 0 Å². The van der Waals surface area contributed by atoms with Crippen molar-refractivity contribution in [2.45, 2.75) is 5.41 Å². The highest BCUT2D eigenvalue weighted by molar-refractivity contribution is 6.26. The first-order valence-corrected chi connectivity index (χ1v) is 20.1. The molecule has 0 atom stereocenters. The van der Waals surface area contributed by atoms with Gasteiger partial charge in [0.2, 0.25) is 0 Å². The molecule has 0 spiro atoms. The van der Waals surface area contributed by atoms with E-state index in [1.807, 2.05) is 0 Å². The van der Waals surface area contributed by atoms with Crippen LogP contribution in [0.3, 0.4) is 0 Å². The third-order valence-electron chi connectivity index (χ3n) is 12.5. The van der Waals surface area contributed by atoms with Crippen LogP contribution >= 0.6 is 0 Å². The minimum atomic E-state index is -0.440. The Kier molecular flexibility index (Phi) is 7.18. The van der Waals surface area contributed by atoms with Crippen molar-refractivity contribution in [1.29, 1.82) is 0 Å². The summed E-state index contributed by atoms with van der Waals surface area (Å²) in [4.78, 5) is 5.26. The summed E-state index contributed by atoms with van der Waals surface area (Å²) in [5, 5.41) is 6.00. The number of aromatic nitrogens is 2. The molecular weight excluding hydrogens is 701 g/mol. The SMILES string of the molecule is c1ccc(-c2nc3ccccc3c3c2ccc2c4ccccc4n(-c4ccc(-c5ccc6c(c5)C(c5ccccc5)(c5ccccc5)c5ccccc5-6)cc4)c23)cc1. The zero-order valence-electron chi connectivity index (χ0n) is 31.7. The zero-order chi connectivity index (χ0) is 38.2. The van der Waals surface area contributed by atoms with Crippen molar-refractivity contribution in [1.82, 2.24) is 9.55 Å². The number of fused-ring (bicyclic) bond motifs is 10. The van der Waals surface area contributed by atoms with Gasteiger partial charge in [0, 0.05) is 38.2 Å². The quantitative estimate of drug-likeness (QED) is 0.161. The number of rotatable bonds is 5. The molecule has 1 aliphatic carbocycles. The first-order chi connectivity index (χ1) is 28.8. The highest BCUT2D eigenvalue weighted by Gasteiger charge is 2.46. The number of benzene rings is 9. The Balaban J connectivity index is 1.07. The summed E-state index contributed by atoms with van der Waals surface area (Å²) in [6.07, 6.45) is 0. The van der Waals surface area contributed by atoms with Gasteiger partial charge in [-0.3, -0.25) is 0 Å². The maximum absolute atomic E-state index is 5.26. The van der Waals surface area contributed by atoms with Crippen LogP contribution in [0, 0.1) is 0 Å². The van der Waals surface area contributed by atoms with Gasteiger partial charge in [-0.1, -0.05) is 188 Å². The Bertz CT molecular complexity index is 3320. The molecule has 0 N–H and O–H groups in total. The van der Waals surface area contributed by atoms with E-state index in [2.05, 4.69) is 223 Å². The van der Waals surface area contributed by atoms with E-state index in [0.717, 1.165) is 33.2 Å². The molecule has 0 saturated heterocycles. The molecular formula is C56H36N2. The minimum absolute atomic E-state index is 0.440. The molecule has 2 aromatic heterocycles. The van der Waals surface area contributed by atoms with Crippen molar-refractivity contribution in [3.8, 4) is 39.2 Å². The van der Waals surface area contributed by atoms with Crippen molar-refractivity contribution in [3.63, 3.8) is 0 Å². The second kappa shape index (κ2) is 12.7. The van der Waals surface area contributed by atoms with Crippen molar-refractivity contribution < 1.29 is 0 Å². The normalized spacial score (nSPS) is 13.0. The van der Waals surface area contributed by atoms with Crippen molar-refractivity contribution >= 4 is 43.5 Å². The van der Waals surface area contributed by atoms with Gasteiger partial charge in [0.15, 0.2) is 0 Å². The van der Waals surface area contributed by atoms with Gasteiger partial charge in [0.05, 0.1) is 27.7 Å². The van der Waals surface area contributed by atoms with E-state index in [9.17, 15) is 0 Å². The molecule has 0 radical (unpaired) electrons. The monoisotopic (exact) mass is 736 g/mol. The van der Waals surface area contributed by atoms with Gasteiger partial charge >= 0.3 is 0 Å². The maximum atomic E-state index is 5.26. The smallest absolute Gasteiger partial charge is 0.0788 e. The first-order valence-electron chi connectivity index (χ1n) is 20.1. The molecule has 12 rings (SSSR count). The predicted octanol–water partition coefficient (Wildman–Crippen LogP) is 14.2. The summed E-state index contributed by atoms with van der Waals surface area (Å²) in [6.45, 7) is 0. The summed E-state index contributed by atoms with van der Waals surface area (Å²) in [6, 6.07) is 79.8. The zero-order valence-corrected chi connectivity index (χ0v) is 31.7. The topological polar surface area (TPSA) is 17.8 Å². The molecule has 0 unspecified atom stereocenters. The molecule has 2 nitrogen and oxygen atoms in total. The van der Waals surface area contributed by atoms with Crippen LogP contribution in [0.2, 0.25) is 0 Å². The molecule has 270 valence electrons. The molecule has 0 saturated carbocycles. The van der Waals surface area contributed by atoms with Gasteiger partial charge in [-0.25, -0.2) is 4.98 Å². The van der Waals surface area contributed by atoms with Crippen LogP contribution in [0.25, 0.3) is 82.7 Å². The van der Waals surface area contributed by atoms with Crippen LogP contribution < -0.4 is 0 Å². The predicted molar refractivity (Wildman–Crippen MR) is 242 cm³/mol. The van der Waals surface area contributed by atoms with Gasteiger partial charge in [-0.05, 0) is 74.8 Å². The standard InChI is InChI=1S/C56H36N2/c1-4-16-38(17-5-1)54-48-35-34-46-45-23-12-15-27-52(45)58(55(46)53(48)47-24-11-14-26-51(47)57-54)42-31-28-37(29-32-42)39-30-33-44-43-22-10-13-25-49(43)56(50(44)36-39,40-18-6-2-7-19-40)41-20-8-3-9-21-41/h1-36H. The lowest BCUT2D eigenvalue weighted by atomic mass is 9.67. The first kappa shape index (κ1) is 32.7. The molecule has 2 heterocycles. The lowest BCUT2D eigenvalue weighted by Gasteiger charge is -2.34. The van der Waals surface area contributed by atoms with Crippen LogP contribution in [0.4, 0.5) is 0 Å². The van der Waals surface area contributed by atoms with Crippen molar-refractivity contribution in [3.05, 3.63) is 241 Å². The van der Waals surface area contributed by atoms with Crippen molar-refractivity contribution in [2.75, 3.05) is 0 Å². The van der Waals surface area contributed by atoms with Gasteiger partial charge in [0.1, 0.15) is 0 Å². The number of nitrogens with zero attached hydrogens (tertiary/aromatic N) is 2. The molecule has 0 amide bonds. The third kappa shape index (κ3) is 4.63. The van der Waals surface area contributed by atoms with E-state index >= 15 is 0 Å². The second-order valence-corrected chi connectivity index (χ2v) is 15.4.